The molecule has 1 aromatic rings. The molecular formula is C15H18N2O4. The monoisotopic (exact) mass is 290 g/mol. The molecule has 2 N–H and O–H groups in total. The van der Waals surface area contributed by atoms with Crippen molar-refractivity contribution in [3.63, 3.8) is 0 Å². The van der Waals surface area contributed by atoms with Gasteiger partial charge in [-0.15, -0.1) is 0 Å². The van der Waals surface area contributed by atoms with Crippen LogP contribution in [0.3, 0.4) is 0 Å². The Balaban J connectivity index is 2.34. The van der Waals surface area contributed by atoms with Gasteiger partial charge in [-0.05, 0) is 31.5 Å². The summed E-state index contributed by atoms with van der Waals surface area (Å²) in [6.45, 7) is 3.79. The minimum Gasteiger partial charge on any atom is -0.497 e. The molecule has 0 bridgehead atoms. The fraction of sp³-hybridized carbons (Fsp3) is 0.333. The molecule has 0 radical (unpaired) electrons. The summed E-state index contributed by atoms with van der Waals surface area (Å²) in [7, 11) is 1.57. The summed E-state index contributed by atoms with van der Waals surface area (Å²) in [5.74, 6) is 0.685. The maximum atomic E-state index is 12.5. The zero-order chi connectivity index (χ0) is 15.4. The van der Waals surface area contributed by atoms with Crippen LogP contribution in [0, 0.1) is 0 Å². The van der Waals surface area contributed by atoms with Gasteiger partial charge < -0.3 is 14.8 Å². The van der Waals surface area contributed by atoms with Crippen molar-refractivity contribution in [1.82, 2.24) is 10.6 Å². The summed E-state index contributed by atoms with van der Waals surface area (Å²) in [4.78, 5) is 24.4. The van der Waals surface area contributed by atoms with E-state index in [9.17, 15) is 9.59 Å². The Bertz CT molecular complexity index is 578. The zero-order valence-electron chi connectivity index (χ0n) is 12.2. The minimum absolute atomic E-state index is 0.205. The van der Waals surface area contributed by atoms with Gasteiger partial charge in [-0.2, -0.15) is 0 Å². The molecule has 2 rings (SSSR count). The molecule has 0 spiro atoms. The maximum Gasteiger partial charge on any atom is 0.322 e. The number of ketones is 1. The quantitative estimate of drug-likeness (QED) is 0.887. The number of methoxy groups -OCH3 is 1. The Labute approximate surface area is 123 Å². The van der Waals surface area contributed by atoms with E-state index in [1.54, 1.807) is 45.2 Å². The average molecular weight is 290 g/mol. The number of ether oxygens (including phenoxy) is 2. The van der Waals surface area contributed by atoms with Gasteiger partial charge in [0.1, 0.15) is 11.8 Å². The zero-order valence-corrected chi connectivity index (χ0v) is 12.2. The Morgan fingerprint density at radius 1 is 1.19 bits per heavy atom. The van der Waals surface area contributed by atoms with E-state index < -0.39 is 12.1 Å². The van der Waals surface area contributed by atoms with Gasteiger partial charge in [-0.25, -0.2) is 4.79 Å². The third-order valence-electron chi connectivity index (χ3n) is 3.21. The number of carbonyl (C=O) groups is 2. The molecule has 0 unspecified atom stereocenters. The van der Waals surface area contributed by atoms with E-state index in [2.05, 4.69) is 10.6 Å². The number of nitrogens with one attached hydrogen (secondary N) is 2. The van der Waals surface area contributed by atoms with Crippen LogP contribution in [-0.4, -0.2) is 25.5 Å². The first-order valence-electron chi connectivity index (χ1n) is 6.66. The number of hydrogen-bond donors (Lipinski definition) is 2. The van der Waals surface area contributed by atoms with Gasteiger partial charge >= 0.3 is 6.03 Å². The van der Waals surface area contributed by atoms with Crippen molar-refractivity contribution in [1.29, 1.82) is 0 Å². The summed E-state index contributed by atoms with van der Waals surface area (Å²) in [6, 6.07) is 5.78. The molecule has 6 nitrogen and oxygen atoms in total. The number of rotatable bonds is 4. The molecule has 1 heterocycles. The summed E-state index contributed by atoms with van der Waals surface area (Å²) < 4.78 is 10.4. The van der Waals surface area contributed by atoms with Crippen LogP contribution >= 0.6 is 0 Å². The van der Waals surface area contributed by atoms with Crippen LogP contribution in [0.1, 0.15) is 25.5 Å². The molecule has 1 aromatic carbocycles. The van der Waals surface area contributed by atoms with Crippen molar-refractivity contribution in [2.24, 2.45) is 0 Å². The molecule has 6 heteroatoms. The van der Waals surface area contributed by atoms with E-state index in [1.165, 1.54) is 0 Å². The lowest BCUT2D eigenvalue weighted by Gasteiger charge is -2.15. The number of urea groups is 1. The van der Waals surface area contributed by atoms with Crippen LogP contribution < -0.4 is 15.4 Å². The maximum absolute atomic E-state index is 12.5. The molecule has 2 amide bonds. The highest BCUT2D eigenvalue weighted by Gasteiger charge is 2.30. The van der Waals surface area contributed by atoms with Crippen molar-refractivity contribution in [2.75, 3.05) is 13.7 Å². The SMILES string of the molecule is CCOC1=C(C)C(=O)[C@@H](c2ccc(OC)cc2)NC(=O)N1. The standard InChI is InChI=1S/C15H18N2O4/c1-4-21-14-9(2)13(18)12(16-15(19)17-14)10-5-7-11(20-3)8-6-10/h5-8,12H,4H2,1-3H3,(H2,16,17,19)/t12-/m1/s1. The molecular weight excluding hydrogens is 272 g/mol. The summed E-state index contributed by atoms with van der Waals surface area (Å²) in [5, 5.41) is 5.18. The molecule has 112 valence electrons. The highest BCUT2D eigenvalue weighted by molar-refractivity contribution is 6.03. The van der Waals surface area contributed by atoms with Crippen molar-refractivity contribution in [3.8, 4) is 5.75 Å². The van der Waals surface area contributed by atoms with Crippen LogP contribution in [0.25, 0.3) is 0 Å². The largest absolute Gasteiger partial charge is 0.497 e. The molecule has 0 saturated heterocycles. The predicted molar refractivity (Wildman–Crippen MR) is 76.7 cm³/mol. The number of hydrogen-bond acceptors (Lipinski definition) is 4. The van der Waals surface area contributed by atoms with Gasteiger partial charge in [-0.3, -0.25) is 10.1 Å². The Hall–Kier alpha value is -2.50. The van der Waals surface area contributed by atoms with Crippen LogP contribution in [0.2, 0.25) is 0 Å². The molecule has 0 saturated carbocycles. The van der Waals surface area contributed by atoms with E-state index in [1.807, 2.05) is 0 Å². The molecule has 21 heavy (non-hydrogen) atoms. The highest BCUT2D eigenvalue weighted by atomic mass is 16.5. The first-order valence-corrected chi connectivity index (χ1v) is 6.66. The van der Waals surface area contributed by atoms with Crippen molar-refractivity contribution in [3.05, 3.63) is 41.3 Å². The first kappa shape index (κ1) is 14.9. The lowest BCUT2D eigenvalue weighted by atomic mass is 9.98. The predicted octanol–water partition coefficient (Wildman–Crippen LogP) is 1.89. The highest BCUT2D eigenvalue weighted by Crippen LogP contribution is 2.23. The second-order valence-electron chi connectivity index (χ2n) is 4.56. The lowest BCUT2D eigenvalue weighted by molar-refractivity contribution is -0.117. The lowest BCUT2D eigenvalue weighted by Crippen LogP contribution is -2.37. The number of carbonyl (C=O) groups excluding carboxylic acids is 2. The van der Waals surface area contributed by atoms with E-state index in [0.29, 0.717) is 23.5 Å². The molecule has 1 atom stereocenters. The number of benzene rings is 1. The summed E-state index contributed by atoms with van der Waals surface area (Å²) in [5.41, 5.74) is 1.07. The molecule has 0 fully saturated rings. The molecule has 1 aliphatic heterocycles. The van der Waals surface area contributed by atoms with Gasteiger partial charge in [0, 0.05) is 0 Å². The Kier molecular flexibility index (Phi) is 4.47. The van der Waals surface area contributed by atoms with Crippen molar-refractivity contribution in [2.45, 2.75) is 19.9 Å². The third kappa shape index (κ3) is 3.16. The number of amides is 2. The van der Waals surface area contributed by atoms with Crippen LogP contribution in [0.5, 0.6) is 5.75 Å². The van der Waals surface area contributed by atoms with Gasteiger partial charge in [-0.1, -0.05) is 12.1 Å². The smallest absolute Gasteiger partial charge is 0.322 e. The molecule has 0 aromatic heterocycles. The molecule has 0 aliphatic carbocycles. The van der Waals surface area contributed by atoms with Gasteiger partial charge in [0.05, 0.1) is 19.3 Å². The second kappa shape index (κ2) is 6.30. The Morgan fingerprint density at radius 3 is 2.43 bits per heavy atom. The topological polar surface area (TPSA) is 76.7 Å². The van der Waals surface area contributed by atoms with Gasteiger partial charge in [0.25, 0.3) is 0 Å². The summed E-state index contributed by atoms with van der Waals surface area (Å²) >= 11 is 0. The second-order valence-corrected chi connectivity index (χ2v) is 4.56. The minimum atomic E-state index is -0.742. The van der Waals surface area contributed by atoms with E-state index in [-0.39, 0.29) is 11.7 Å². The fourth-order valence-electron chi connectivity index (χ4n) is 2.08. The summed E-state index contributed by atoms with van der Waals surface area (Å²) in [6.07, 6.45) is 0. The van der Waals surface area contributed by atoms with E-state index in [4.69, 9.17) is 9.47 Å². The van der Waals surface area contributed by atoms with Crippen LogP contribution in [-0.2, 0) is 9.53 Å². The molecule has 1 aliphatic rings. The van der Waals surface area contributed by atoms with Crippen LogP contribution in [0.15, 0.2) is 35.7 Å². The van der Waals surface area contributed by atoms with Gasteiger partial charge in [0.15, 0.2) is 5.78 Å². The van der Waals surface area contributed by atoms with Crippen LogP contribution in [0.4, 0.5) is 4.79 Å². The third-order valence-corrected chi connectivity index (χ3v) is 3.21. The number of Topliss-reactive ketones (excluding diaryl/α,β-unsaturated/α-hetero) is 1. The first-order chi connectivity index (χ1) is 10.1. The normalized spacial score (nSPS) is 18.7. The van der Waals surface area contributed by atoms with E-state index in [0.717, 1.165) is 0 Å². The van der Waals surface area contributed by atoms with Crippen molar-refractivity contribution < 1.29 is 19.1 Å². The fourth-order valence-corrected chi connectivity index (χ4v) is 2.08. The average Bonchev–Trinajstić information content (AvgIpc) is 2.60. The van der Waals surface area contributed by atoms with Gasteiger partial charge in [0.2, 0.25) is 5.88 Å². The van der Waals surface area contributed by atoms with E-state index >= 15 is 0 Å². The van der Waals surface area contributed by atoms with Crippen molar-refractivity contribution >= 4 is 11.8 Å². The Morgan fingerprint density at radius 2 is 1.86 bits per heavy atom.